The summed E-state index contributed by atoms with van der Waals surface area (Å²) in [4.78, 5) is 33.0. The first-order chi connectivity index (χ1) is 15.1. The van der Waals surface area contributed by atoms with Crippen LogP contribution in [0.2, 0.25) is 0 Å². The molecule has 0 bridgehead atoms. The third-order valence-corrected chi connectivity index (χ3v) is 8.80. The van der Waals surface area contributed by atoms with Gasteiger partial charge in [0.15, 0.2) is 0 Å². The molecule has 4 heterocycles. The zero-order chi connectivity index (χ0) is 21.4. The number of thiazole rings is 1. The van der Waals surface area contributed by atoms with E-state index in [0.717, 1.165) is 58.5 Å². The number of aromatic nitrogens is 3. The molecular formula is C22H23N5OS3. The number of rotatable bonds is 5. The van der Waals surface area contributed by atoms with Crippen LogP contribution in [0.4, 0.5) is 0 Å². The quantitative estimate of drug-likeness (QED) is 0.320. The molecule has 1 aromatic carbocycles. The van der Waals surface area contributed by atoms with E-state index in [1.165, 1.54) is 26.9 Å². The third-order valence-electron chi connectivity index (χ3n) is 5.68. The van der Waals surface area contributed by atoms with E-state index in [4.69, 9.17) is 4.98 Å². The summed E-state index contributed by atoms with van der Waals surface area (Å²) in [5.74, 6) is 0.596. The smallest absolute Gasteiger partial charge is 0.233 e. The van der Waals surface area contributed by atoms with Crippen molar-refractivity contribution in [1.29, 1.82) is 0 Å². The average Bonchev–Trinajstić information content (AvgIpc) is 3.32. The maximum absolute atomic E-state index is 12.8. The molecule has 0 spiro atoms. The van der Waals surface area contributed by atoms with Gasteiger partial charge in [-0.25, -0.2) is 15.0 Å². The Morgan fingerprint density at radius 2 is 1.90 bits per heavy atom. The van der Waals surface area contributed by atoms with Crippen molar-refractivity contribution in [3.8, 4) is 0 Å². The Labute approximate surface area is 193 Å². The first kappa shape index (κ1) is 20.8. The highest BCUT2D eigenvalue weighted by molar-refractivity contribution is 8.00. The fourth-order valence-electron chi connectivity index (χ4n) is 3.82. The van der Waals surface area contributed by atoms with E-state index in [0.29, 0.717) is 5.75 Å². The van der Waals surface area contributed by atoms with Gasteiger partial charge in [0.05, 0.1) is 22.5 Å². The van der Waals surface area contributed by atoms with Crippen molar-refractivity contribution in [2.24, 2.45) is 0 Å². The van der Waals surface area contributed by atoms with Crippen LogP contribution < -0.4 is 0 Å². The molecule has 0 radical (unpaired) electrons. The van der Waals surface area contributed by atoms with E-state index in [-0.39, 0.29) is 5.91 Å². The largest absolute Gasteiger partial charge is 0.339 e. The second kappa shape index (κ2) is 8.82. The standard InChI is InChI=1S/C22H23N5OS3/c1-14-15(2)30-22-20(14)21(23-13-24-22)29-12-19(28)27-9-7-26(8-10-27)11-18-25-16-5-3-4-6-17(16)31-18/h3-6,13H,7-12H2,1-2H3. The molecule has 0 unspecified atom stereocenters. The summed E-state index contributed by atoms with van der Waals surface area (Å²) in [6.07, 6.45) is 1.60. The van der Waals surface area contributed by atoms with Crippen molar-refractivity contribution >= 4 is 60.8 Å². The molecule has 3 aromatic heterocycles. The van der Waals surface area contributed by atoms with Gasteiger partial charge >= 0.3 is 0 Å². The molecule has 0 N–H and O–H groups in total. The number of benzene rings is 1. The summed E-state index contributed by atoms with van der Waals surface area (Å²) in [7, 11) is 0. The lowest BCUT2D eigenvalue weighted by Gasteiger charge is -2.34. The molecule has 9 heteroatoms. The van der Waals surface area contributed by atoms with E-state index < -0.39 is 0 Å². The predicted octanol–water partition coefficient (Wildman–Crippen LogP) is 4.35. The Morgan fingerprint density at radius 3 is 2.71 bits per heavy atom. The van der Waals surface area contributed by atoms with Crippen molar-refractivity contribution in [2.75, 3.05) is 31.9 Å². The Kier molecular flexibility index (Phi) is 5.92. The number of hydrogen-bond acceptors (Lipinski definition) is 8. The Bertz CT molecular complexity index is 1210. The van der Waals surface area contributed by atoms with Crippen molar-refractivity contribution in [2.45, 2.75) is 25.4 Å². The lowest BCUT2D eigenvalue weighted by Crippen LogP contribution is -2.48. The van der Waals surface area contributed by atoms with Crippen LogP contribution in [0.15, 0.2) is 35.6 Å². The highest BCUT2D eigenvalue weighted by atomic mass is 32.2. The molecule has 4 aromatic rings. The SMILES string of the molecule is Cc1sc2ncnc(SCC(=O)N3CCN(Cc4nc5ccccc5s4)CC3)c2c1C. The number of fused-ring (bicyclic) bond motifs is 2. The zero-order valence-electron chi connectivity index (χ0n) is 17.5. The van der Waals surface area contributed by atoms with Gasteiger partial charge in [-0.1, -0.05) is 23.9 Å². The summed E-state index contributed by atoms with van der Waals surface area (Å²) < 4.78 is 1.23. The van der Waals surface area contributed by atoms with Crippen LogP contribution >= 0.6 is 34.4 Å². The van der Waals surface area contributed by atoms with Gasteiger partial charge in [0, 0.05) is 36.4 Å². The number of aryl methyl sites for hydroxylation is 2. The number of amides is 1. The Hall–Kier alpha value is -2.07. The first-order valence-electron chi connectivity index (χ1n) is 10.3. The molecule has 1 aliphatic rings. The number of carbonyl (C=O) groups excluding carboxylic acids is 1. The fourth-order valence-corrected chi connectivity index (χ4v) is 6.84. The lowest BCUT2D eigenvalue weighted by molar-refractivity contribution is -0.130. The van der Waals surface area contributed by atoms with Gasteiger partial charge < -0.3 is 4.90 Å². The van der Waals surface area contributed by atoms with Crippen molar-refractivity contribution < 1.29 is 4.79 Å². The third kappa shape index (κ3) is 4.32. The zero-order valence-corrected chi connectivity index (χ0v) is 19.9. The maximum Gasteiger partial charge on any atom is 0.233 e. The highest BCUT2D eigenvalue weighted by Crippen LogP contribution is 2.34. The van der Waals surface area contributed by atoms with Crippen LogP contribution in [0.5, 0.6) is 0 Å². The second-order valence-electron chi connectivity index (χ2n) is 7.66. The van der Waals surface area contributed by atoms with Gasteiger partial charge in [0.2, 0.25) is 5.91 Å². The number of para-hydroxylation sites is 1. The first-order valence-corrected chi connectivity index (χ1v) is 12.9. The molecule has 160 valence electrons. The minimum atomic E-state index is 0.181. The maximum atomic E-state index is 12.8. The normalized spacial score (nSPS) is 15.2. The second-order valence-corrected chi connectivity index (χ2v) is 10.9. The number of carbonyl (C=O) groups is 1. The number of piperazine rings is 1. The van der Waals surface area contributed by atoms with E-state index in [1.807, 2.05) is 11.0 Å². The van der Waals surface area contributed by atoms with Gasteiger partial charge in [-0.05, 0) is 31.5 Å². The van der Waals surface area contributed by atoms with Crippen LogP contribution in [-0.2, 0) is 11.3 Å². The van der Waals surface area contributed by atoms with Crippen LogP contribution in [0.3, 0.4) is 0 Å². The molecule has 1 amide bonds. The van der Waals surface area contributed by atoms with E-state index in [1.54, 1.807) is 29.0 Å². The summed E-state index contributed by atoms with van der Waals surface area (Å²) in [5.41, 5.74) is 2.29. The summed E-state index contributed by atoms with van der Waals surface area (Å²) in [5, 5.41) is 3.16. The number of thiophene rings is 1. The monoisotopic (exact) mass is 469 g/mol. The summed E-state index contributed by atoms with van der Waals surface area (Å²) >= 11 is 4.97. The van der Waals surface area contributed by atoms with Gasteiger partial charge in [-0.2, -0.15) is 0 Å². The Balaban J connectivity index is 1.16. The number of hydrogen-bond donors (Lipinski definition) is 0. The van der Waals surface area contributed by atoms with Gasteiger partial charge in [0.25, 0.3) is 0 Å². The van der Waals surface area contributed by atoms with Crippen LogP contribution in [0.1, 0.15) is 15.4 Å². The molecule has 1 aliphatic heterocycles. The molecule has 1 fully saturated rings. The minimum Gasteiger partial charge on any atom is -0.339 e. The van der Waals surface area contributed by atoms with E-state index in [2.05, 4.69) is 46.9 Å². The molecular weight excluding hydrogens is 446 g/mol. The van der Waals surface area contributed by atoms with Crippen molar-refractivity contribution in [1.82, 2.24) is 24.8 Å². The molecule has 0 atom stereocenters. The number of thioether (sulfide) groups is 1. The minimum absolute atomic E-state index is 0.181. The van der Waals surface area contributed by atoms with Crippen LogP contribution in [-0.4, -0.2) is 62.6 Å². The van der Waals surface area contributed by atoms with Crippen molar-refractivity contribution in [3.63, 3.8) is 0 Å². The van der Waals surface area contributed by atoms with Gasteiger partial charge in [0.1, 0.15) is 21.2 Å². The molecule has 0 saturated carbocycles. The van der Waals surface area contributed by atoms with Gasteiger partial charge in [-0.15, -0.1) is 22.7 Å². The predicted molar refractivity (Wildman–Crippen MR) is 129 cm³/mol. The topological polar surface area (TPSA) is 62.2 Å². The van der Waals surface area contributed by atoms with Crippen molar-refractivity contribution in [3.05, 3.63) is 46.0 Å². The summed E-state index contributed by atoms with van der Waals surface area (Å²) in [6.45, 7) is 8.36. The molecule has 6 nitrogen and oxygen atoms in total. The summed E-state index contributed by atoms with van der Waals surface area (Å²) in [6, 6.07) is 8.27. The van der Waals surface area contributed by atoms with E-state index in [9.17, 15) is 4.79 Å². The average molecular weight is 470 g/mol. The van der Waals surface area contributed by atoms with Crippen LogP contribution in [0, 0.1) is 13.8 Å². The molecule has 31 heavy (non-hydrogen) atoms. The fraction of sp³-hybridized carbons (Fsp3) is 0.364. The lowest BCUT2D eigenvalue weighted by atomic mass is 10.2. The highest BCUT2D eigenvalue weighted by Gasteiger charge is 2.23. The molecule has 1 saturated heterocycles. The molecule has 0 aliphatic carbocycles. The number of nitrogens with zero attached hydrogens (tertiary/aromatic N) is 5. The van der Waals surface area contributed by atoms with Gasteiger partial charge in [-0.3, -0.25) is 9.69 Å². The van der Waals surface area contributed by atoms with Crippen LogP contribution in [0.25, 0.3) is 20.4 Å². The molecule has 5 rings (SSSR count). The van der Waals surface area contributed by atoms with E-state index >= 15 is 0 Å². The Morgan fingerprint density at radius 1 is 1.10 bits per heavy atom.